The first kappa shape index (κ1) is 20.0. The largest absolute Gasteiger partial charge is 0.497 e. The van der Waals surface area contributed by atoms with Crippen LogP contribution in [0.2, 0.25) is 0 Å². The van der Waals surface area contributed by atoms with E-state index in [4.69, 9.17) is 13.9 Å². The van der Waals surface area contributed by atoms with Gasteiger partial charge in [0.15, 0.2) is 12.4 Å². The fourth-order valence-electron chi connectivity index (χ4n) is 3.72. The van der Waals surface area contributed by atoms with Crippen molar-refractivity contribution in [1.29, 1.82) is 0 Å². The summed E-state index contributed by atoms with van der Waals surface area (Å²) >= 11 is 0. The Labute approximate surface area is 175 Å². The molecule has 0 bridgehead atoms. The monoisotopic (exact) mass is 407 g/mol. The highest BCUT2D eigenvalue weighted by Crippen LogP contribution is 2.32. The summed E-state index contributed by atoms with van der Waals surface area (Å²) in [6.45, 7) is 3.22. The van der Waals surface area contributed by atoms with Crippen molar-refractivity contribution in [3.05, 3.63) is 58.3 Å². The molecule has 3 aromatic rings. The molecule has 6 heteroatoms. The van der Waals surface area contributed by atoms with E-state index in [0.717, 1.165) is 37.9 Å². The van der Waals surface area contributed by atoms with Crippen LogP contribution in [0.5, 0.6) is 11.5 Å². The molecule has 0 aliphatic carbocycles. The number of piperidine rings is 1. The standard InChI is InChI=1S/C24H25NO5/c1-16-6-11-19-20(14-16)30-23(17-7-9-18(28-2)10-8-17)24(22(19)27)29-15-21(26)25-12-4-3-5-13-25/h6-11,14H,3-5,12-13,15H2,1-2H3. The Balaban J connectivity index is 1.73. The molecule has 156 valence electrons. The fourth-order valence-corrected chi connectivity index (χ4v) is 3.72. The van der Waals surface area contributed by atoms with Crippen LogP contribution in [0.25, 0.3) is 22.3 Å². The van der Waals surface area contributed by atoms with Gasteiger partial charge in [-0.3, -0.25) is 9.59 Å². The van der Waals surface area contributed by atoms with Crippen molar-refractivity contribution < 1.29 is 18.7 Å². The average molecular weight is 407 g/mol. The lowest BCUT2D eigenvalue weighted by atomic mass is 10.1. The van der Waals surface area contributed by atoms with E-state index < -0.39 is 0 Å². The Bertz CT molecular complexity index is 1110. The first-order valence-corrected chi connectivity index (χ1v) is 10.2. The molecular weight excluding hydrogens is 382 g/mol. The molecule has 0 saturated carbocycles. The summed E-state index contributed by atoms with van der Waals surface area (Å²) in [5.41, 5.74) is 1.87. The molecule has 6 nitrogen and oxygen atoms in total. The van der Waals surface area contributed by atoms with E-state index in [1.165, 1.54) is 0 Å². The van der Waals surface area contributed by atoms with Crippen molar-refractivity contribution in [2.45, 2.75) is 26.2 Å². The van der Waals surface area contributed by atoms with Gasteiger partial charge in [-0.05, 0) is 68.1 Å². The smallest absolute Gasteiger partial charge is 0.260 e. The molecule has 0 unspecified atom stereocenters. The van der Waals surface area contributed by atoms with E-state index in [9.17, 15) is 9.59 Å². The molecular formula is C24H25NO5. The van der Waals surface area contributed by atoms with Crippen molar-refractivity contribution in [3.8, 4) is 22.8 Å². The molecule has 0 spiro atoms. The highest BCUT2D eigenvalue weighted by molar-refractivity contribution is 5.83. The third-order valence-corrected chi connectivity index (χ3v) is 5.41. The van der Waals surface area contributed by atoms with Gasteiger partial charge in [-0.1, -0.05) is 6.07 Å². The van der Waals surface area contributed by atoms with Gasteiger partial charge in [-0.25, -0.2) is 0 Å². The zero-order valence-corrected chi connectivity index (χ0v) is 17.3. The van der Waals surface area contributed by atoms with Crippen molar-refractivity contribution in [3.63, 3.8) is 0 Å². The number of amides is 1. The Morgan fingerprint density at radius 2 is 1.80 bits per heavy atom. The molecule has 1 amide bonds. The number of rotatable bonds is 5. The average Bonchev–Trinajstić information content (AvgIpc) is 2.78. The van der Waals surface area contributed by atoms with Gasteiger partial charge in [0.2, 0.25) is 11.2 Å². The van der Waals surface area contributed by atoms with Gasteiger partial charge in [0.1, 0.15) is 11.3 Å². The number of benzene rings is 2. The van der Waals surface area contributed by atoms with Gasteiger partial charge in [0, 0.05) is 18.7 Å². The fraction of sp³-hybridized carbons (Fsp3) is 0.333. The summed E-state index contributed by atoms with van der Waals surface area (Å²) in [6.07, 6.45) is 3.14. The SMILES string of the molecule is COc1ccc(-c2oc3cc(C)ccc3c(=O)c2OCC(=O)N2CCCCC2)cc1. The number of carbonyl (C=O) groups excluding carboxylic acids is 1. The third kappa shape index (κ3) is 4.03. The molecule has 0 radical (unpaired) electrons. The van der Waals surface area contributed by atoms with Crippen LogP contribution >= 0.6 is 0 Å². The Morgan fingerprint density at radius 1 is 1.07 bits per heavy atom. The van der Waals surface area contributed by atoms with E-state index in [-0.39, 0.29) is 23.7 Å². The molecule has 2 heterocycles. The minimum atomic E-state index is -0.284. The number of aryl methyl sites for hydroxylation is 1. The van der Waals surface area contributed by atoms with Crippen LogP contribution < -0.4 is 14.9 Å². The second kappa shape index (κ2) is 8.61. The molecule has 1 saturated heterocycles. The van der Waals surface area contributed by atoms with Gasteiger partial charge in [-0.2, -0.15) is 0 Å². The first-order chi connectivity index (χ1) is 14.6. The number of likely N-dealkylation sites (tertiary alicyclic amines) is 1. The number of carbonyl (C=O) groups is 1. The van der Waals surface area contributed by atoms with Crippen molar-refractivity contribution in [1.82, 2.24) is 4.90 Å². The molecule has 1 fully saturated rings. The normalized spacial score (nSPS) is 14.0. The number of hydrogen-bond donors (Lipinski definition) is 0. The second-order valence-corrected chi connectivity index (χ2v) is 7.55. The van der Waals surface area contributed by atoms with Crippen LogP contribution in [0.1, 0.15) is 24.8 Å². The molecule has 30 heavy (non-hydrogen) atoms. The van der Waals surface area contributed by atoms with Gasteiger partial charge >= 0.3 is 0 Å². The Morgan fingerprint density at radius 3 is 2.50 bits per heavy atom. The van der Waals surface area contributed by atoms with Crippen LogP contribution in [0.4, 0.5) is 0 Å². The number of hydrogen-bond acceptors (Lipinski definition) is 5. The van der Waals surface area contributed by atoms with Gasteiger partial charge in [0.05, 0.1) is 12.5 Å². The van der Waals surface area contributed by atoms with Crippen LogP contribution in [0, 0.1) is 6.92 Å². The number of nitrogens with zero attached hydrogens (tertiary/aromatic N) is 1. The highest BCUT2D eigenvalue weighted by Gasteiger charge is 2.21. The predicted octanol–water partition coefficient (Wildman–Crippen LogP) is 4.17. The summed E-state index contributed by atoms with van der Waals surface area (Å²) in [5, 5.41) is 0.429. The van der Waals surface area contributed by atoms with Crippen LogP contribution in [0.3, 0.4) is 0 Å². The summed E-state index contributed by atoms with van der Waals surface area (Å²) < 4.78 is 17.1. The minimum absolute atomic E-state index is 0.0573. The molecule has 2 aromatic carbocycles. The summed E-state index contributed by atoms with van der Waals surface area (Å²) in [7, 11) is 1.59. The first-order valence-electron chi connectivity index (χ1n) is 10.2. The number of methoxy groups -OCH3 is 1. The lowest BCUT2D eigenvalue weighted by Gasteiger charge is -2.26. The lowest BCUT2D eigenvalue weighted by molar-refractivity contribution is -0.134. The molecule has 4 rings (SSSR count). The van der Waals surface area contributed by atoms with Gasteiger partial charge in [0.25, 0.3) is 5.91 Å². The molecule has 1 aromatic heterocycles. The zero-order valence-electron chi connectivity index (χ0n) is 17.3. The van der Waals surface area contributed by atoms with Crippen molar-refractivity contribution >= 4 is 16.9 Å². The Kier molecular flexibility index (Phi) is 5.74. The van der Waals surface area contributed by atoms with E-state index in [2.05, 4.69) is 0 Å². The van der Waals surface area contributed by atoms with Crippen molar-refractivity contribution in [2.75, 3.05) is 26.8 Å². The maximum Gasteiger partial charge on any atom is 0.260 e. The summed E-state index contributed by atoms with van der Waals surface area (Å²) in [5.74, 6) is 0.952. The van der Waals surface area contributed by atoms with Gasteiger partial charge in [-0.15, -0.1) is 0 Å². The molecule has 0 atom stereocenters. The van der Waals surface area contributed by atoms with E-state index in [1.54, 1.807) is 42.3 Å². The third-order valence-electron chi connectivity index (χ3n) is 5.41. The van der Waals surface area contributed by atoms with Gasteiger partial charge < -0.3 is 18.8 Å². The van der Waals surface area contributed by atoms with E-state index in [0.29, 0.717) is 28.0 Å². The second-order valence-electron chi connectivity index (χ2n) is 7.55. The highest BCUT2D eigenvalue weighted by atomic mass is 16.5. The summed E-state index contributed by atoms with van der Waals surface area (Å²) in [4.78, 5) is 27.6. The van der Waals surface area contributed by atoms with Crippen LogP contribution in [0.15, 0.2) is 51.7 Å². The molecule has 1 aliphatic heterocycles. The quantitative estimate of drug-likeness (QED) is 0.635. The molecule has 0 N–H and O–H groups in total. The lowest BCUT2D eigenvalue weighted by Crippen LogP contribution is -2.39. The maximum atomic E-state index is 13.2. The van der Waals surface area contributed by atoms with Crippen LogP contribution in [-0.2, 0) is 4.79 Å². The number of ether oxygens (including phenoxy) is 2. The topological polar surface area (TPSA) is 69.0 Å². The maximum absolute atomic E-state index is 13.2. The van der Waals surface area contributed by atoms with E-state index >= 15 is 0 Å². The van der Waals surface area contributed by atoms with Crippen molar-refractivity contribution in [2.24, 2.45) is 0 Å². The van der Waals surface area contributed by atoms with E-state index in [1.807, 2.05) is 19.1 Å². The summed E-state index contributed by atoms with van der Waals surface area (Å²) in [6, 6.07) is 12.6. The number of fused-ring (bicyclic) bond motifs is 1. The minimum Gasteiger partial charge on any atom is -0.497 e. The zero-order chi connectivity index (χ0) is 21.1. The van der Waals surface area contributed by atoms with Crippen LogP contribution in [-0.4, -0.2) is 37.6 Å². The predicted molar refractivity (Wildman–Crippen MR) is 115 cm³/mol. The molecule has 1 aliphatic rings. The Hall–Kier alpha value is -3.28.